The Kier molecular flexibility index (Phi) is 4.82. The van der Waals surface area contributed by atoms with Crippen LogP contribution in [0.5, 0.6) is 0 Å². The topological polar surface area (TPSA) is 29.1 Å². The maximum Gasteiger partial charge on any atom is 0.227 e. The van der Waals surface area contributed by atoms with E-state index in [0.29, 0.717) is 12.4 Å². The Balaban J connectivity index is 2.01. The summed E-state index contributed by atoms with van der Waals surface area (Å²) in [6.07, 6.45) is 6.86. The summed E-state index contributed by atoms with van der Waals surface area (Å²) in [6.45, 7) is 0.560. The van der Waals surface area contributed by atoms with Crippen LogP contribution in [0.1, 0.15) is 29.9 Å². The third-order valence-corrected chi connectivity index (χ3v) is 3.51. The first-order valence-corrected chi connectivity index (χ1v) is 6.93. The van der Waals surface area contributed by atoms with Gasteiger partial charge in [-0.2, -0.15) is 0 Å². The van der Waals surface area contributed by atoms with Crippen molar-refractivity contribution < 1.29 is 4.79 Å². The molecule has 0 aromatic heterocycles. The highest BCUT2D eigenvalue weighted by Crippen LogP contribution is 2.31. The van der Waals surface area contributed by atoms with Gasteiger partial charge in [-0.15, -0.1) is 11.6 Å². The molecule has 2 rings (SSSR count). The number of hydrogen-bond donors (Lipinski definition) is 1. The first-order chi connectivity index (χ1) is 8.83. The Bertz CT molecular complexity index is 442. The minimum atomic E-state index is 0.0133. The first-order valence-electron chi connectivity index (χ1n) is 6.39. The van der Waals surface area contributed by atoms with E-state index in [9.17, 15) is 4.79 Å². The summed E-state index contributed by atoms with van der Waals surface area (Å²) in [5.41, 5.74) is 2.52. The first kappa shape index (κ1) is 13.2. The van der Waals surface area contributed by atoms with E-state index in [-0.39, 0.29) is 11.8 Å². The lowest BCUT2D eigenvalue weighted by atomic mass is 9.82. The van der Waals surface area contributed by atoms with Gasteiger partial charge in [-0.25, -0.2) is 0 Å². The molecule has 0 heterocycles. The fraction of sp³-hybridized carbons (Fsp3) is 0.400. The Labute approximate surface area is 113 Å². The van der Waals surface area contributed by atoms with Gasteiger partial charge in [-0.3, -0.25) is 4.79 Å². The second-order valence-corrected chi connectivity index (χ2v) is 4.82. The average Bonchev–Trinajstić information content (AvgIpc) is 2.43. The lowest BCUT2D eigenvalue weighted by Crippen LogP contribution is -2.31. The Morgan fingerprint density at radius 1 is 1.39 bits per heavy atom. The quantitative estimate of drug-likeness (QED) is 0.657. The van der Waals surface area contributed by atoms with E-state index in [1.807, 2.05) is 24.3 Å². The van der Waals surface area contributed by atoms with Gasteiger partial charge < -0.3 is 5.32 Å². The van der Waals surface area contributed by atoms with Gasteiger partial charge in [-0.05, 0) is 30.4 Å². The molecule has 2 nitrogen and oxygen atoms in total. The molecule has 3 heteroatoms. The number of halogens is 1. The third kappa shape index (κ3) is 3.14. The molecule has 1 aromatic rings. The highest BCUT2D eigenvalue weighted by molar-refractivity contribution is 6.18. The van der Waals surface area contributed by atoms with Gasteiger partial charge in [0.2, 0.25) is 5.91 Å². The average molecular weight is 264 g/mol. The fourth-order valence-electron chi connectivity index (χ4n) is 2.46. The standard InChI is InChI=1S/C15H18ClNO/c16-10-3-4-11-17-15(18)14-9-5-7-12-6-1-2-8-13(12)14/h1-4,6,8,14H,5,7,9-11H2,(H,17,18)/b4-3+. The van der Waals surface area contributed by atoms with Crippen LogP contribution in [0.3, 0.4) is 0 Å². The van der Waals surface area contributed by atoms with Crippen molar-refractivity contribution in [3.8, 4) is 0 Å². The molecule has 0 fully saturated rings. The Hall–Kier alpha value is -1.28. The highest BCUT2D eigenvalue weighted by Gasteiger charge is 2.25. The maximum absolute atomic E-state index is 12.1. The van der Waals surface area contributed by atoms with E-state index in [0.717, 1.165) is 19.3 Å². The minimum absolute atomic E-state index is 0.0133. The van der Waals surface area contributed by atoms with E-state index in [1.54, 1.807) is 0 Å². The highest BCUT2D eigenvalue weighted by atomic mass is 35.5. The van der Waals surface area contributed by atoms with Crippen molar-refractivity contribution in [1.82, 2.24) is 5.32 Å². The molecule has 0 radical (unpaired) electrons. The van der Waals surface area contributed by atoms with Crippen LogP contribution in [0.2, 0.25) is 0 Å². The molecular weight excluding hydrogens is 246 g/mol. The molecule has 0 spiro atoms. The van der Waals surface area contributed by atoms with Gasteiger partial charge in [0.05, 0.1) is 5.92 Å². The summed E-state index contributed by atoms with van der Waals surface area (Å²) >= 11 is 5.53. The molecular formula is C15H18ClNO. The molecule has 0 aliphatic heterocycles. The number of amides is 1. The van der Waals surface area contributed by atoms with Crippen molar-refractivity contribution in [2.45, 2.75) is 25.2 Å². The number of nitrogens with one attached hydrogen (secondary N) is 1. The summed E-state index contributed by atoms with van der Waals surface area (Å²) in [5.74, 6) is 0.628. The number of benzene rings is 1. The number of carbonyl (C=O) groups excluding carboxylic acids is 1. The lowest BCUT2D eigenvalue weighted by molar-refractivity contribution is -0.122. The zero-order chi connectivity index (χ0) is 12.8. The minimum Gasteiger partial charge on any atom is -0.352 e. The summed E-state index contributed by atoms with van der Waals surface area (Å²) in [7, 11) is 0. The number of hydrogen-bond acceptors (Lipinski definition) is 1. The number of aryl methyl sites for hydroxylation is 1. The van der Waals surface area contributed by atoms with Crippen LogP contribution in [0, 0.1) is 0 Å². The van der Waals surface area contributed by atoms with Crippen LogP contribution in [0.15, 0.2) is 36.4 Å². The largest absolute Gasteiger partial charge is 0.352 e. The predicted octanol–water partition coefficient (Wildman–Crippen LogP) is 3.02. The number of carbonyl (C=O) groups is 1. The zero-order valence-electron chi connectivity index (χ0n) is 10.4. The molecule has 1 atom stereocenters. The summed E-state index contributed by atoms with van der Waals surface area (Å²) in [5, 5.41) is 2.94. The zero-order valence-corrected chi connectivity index (χ0v) is 11.1. The number of allylic oxidation sites excluding steroid dienone is 1. The molecule has 1 unspecified atom stereocenters. The number of rotatable bonds is 4. The molecule has 18 heavy (non-hydrogen) atoms. The van der Waals surface area contributed by atoms with Crippen molar-refractivity contribution in [1.29, 1.82) is 0 Å². The SMILES string of the molecule is O=C(NC/C=C/CCl)C1CCCc2ccccc21. The van der Waals surface area contributed by atoms with Gasteiger partial charge >= 0.3 is 0 Å². The van der Waals surface area contributed by atoms with Crippen LogP contribution >= 0.6 is 11.6 Å². The Morgan fingerprint density at radius 3 is 3.06 bits per heavy atom. The summed E-state index contributed by atoms with van der Waals surface area (Å²) in [6, 6.07) is 8.26. The van der Waals surface area contributed by atoms with Gasteiger partial charge in [0.1, 0.15) is 0 Å². The van der Waals surface area contributed by atoms with Crippen LogP contribution < -0.4 is 5.32 Å². The Morgan fingerprint density at radius 2 is 2.22 bits per heavy atom. The number of alkyl halides is 1. The van der Waals surface area contributed by atoms with Gasteiger partial charge in [-0.1, -0.05) is 36.4 Å². The predicted molar refractivity (Wildman–Crippen MR) is 75.0 cm³/mol. The maximum atomic E-state index is 12.1. The molecule has 1 amide bonds. The van der Waals surface area contributed by atoms with Crippen molar-refractivity contribution in [3.05, 3.63) is 47.5 Å². The van der Waals surface area contributed by atoms with Crippen LogP contribution in [0.25, 0.3) is 0 Å². The monoisotopic (exact) mass is 263 g/mol. The van der Waals surface area contributed by atoms with E-state index in [4.69, 9.17) is 11.6 Å². The summed E-state index contributed by atoms with van der Waals surface area (Å²) in [4.78, 5) is 12.1. The van der Waals surface area contributed by atoms with E-state index in [2.05, 4.69) is 17.4 Å². The van der Waals surface area contributed by atoms with Crippen LogP contribution in [-0.4, -0.2) is 18.3 Å². The molecule has 1 N–H and O–H groups in total. The van der Waals surface area contributed by atoms with Crippen LogP contribution in [-0.2, 0) is 11.2 Å². The van der Waals surface area contributed by atoms with Crippen LogP contribution in [0.4, 0.5) is 0 Å². The smallest absolute Gasteiger partial charge is 0.227 e. The fourth-order valence-corrected chi connectivity index (χ4v) is 2.58. The van der Waals surface area contributed by atoms with E-state index < -0.39 is 0 Å². The molecule has 0 saturated heterocycles. The van der Waals surface area contributed by atoms with Gasteiger partial charge in [0.25, 0.3) is 0 Å². The summed E-state index contributed by atoms with van der Waals surface area (Å²) < 4.78 is 0. The van der Waals surface area contributed by atoms with Crippen molar-refractivity contribution in [2.75, 3.05) is 12.4 Å². The molecule has 1 aliphatic rings. The van der Waals surface area contributed by atoms with Crippen molar-refractivity contribution >= 4 is 17.5 Å². The molecule has 0 saturated carbocycles. The molecule has 96 valence electrons. The van der Waals surface area contributed by atoms with E-state index >= 15 is 0 Å². The second kappa shape index (κ2) is 6.60. The lowest BCUT2D eigenvalue weighted by Gasteiger charge is -2.24. The number of fused-ring (bicyclic) bond motifs is 1. The van der Waals surface area contributed by atoms with Crippen molar-refractivity contribution in [3.63, 3.8) is 0 Å². The second-order valence-electron chi connectivity index (χ2n) is 4.51. The van der Waals surface area contributed by atoms with Gasteiger partial charge in [0, 0.05) is 12.4 Å². The molecule has 1 aromatic carbocycles. The normalized spacial score (nSPS) is 18.6. The van der Waals surface area contributed by atoms with Crippen molar-refractivity contribution in [2.24, 2.45) is 0 Å². The third-order valence-electron chi connectivity index (χ3n) is 3.34. The van der Waals surface area contributed by atoms with E-state index in [1.165, 1.54) is 11.1 Å². The van der Waals surface area contributed by atoms with Gasteiger partial charge in [0.15, 0.2) is 0 Å². The molecule has 0 bridgehead atoms. The molecule has 1 aliphatic carbocycles.